The number of rotatable bonds is 6. The Kier molecular flexibility index (Phi) is 5.61. The predicted molar refractivity (Wildman–Crippen MR) is 89.4 cm³/mol. The Morgan fingerprint density at radius 3 is 3.12 bits per heavy atom. The van der Waals surface area contributed by atoms with Gasteiger partial charge in [-0.25, -0.2) is 0 Å². The predicted octanol–water partition coefficient (Wildman–Crippen LogP) is 2.22. The van der Waals surface area contributed by atoms with Crippen LogP contribution >= 0.6 is 0 Å². The van der Waals surface area contributed by atoms with Crippen molar-refractivity contribution in [3.05, 3.63) is 53.7 Å². The van der Waals surface area contributed by atoms with E-state index in [1.165, 1.54) is 0 Å². The van der Waals surface area contributed by atoms with Crippen LogP contribution in [-0.4, -0.2) is 42.0 Å². The largest absolute Gasteiger partial charge is 0.453 e. The highest BCUT2D eigenvalue weighted by Crippen LogP contribution is 2.14. The second kappa shape index (κ2) is 8.08. The molecule has 1 fully saturated rings. The van der Waals surface area contributed by atoms with Crippen molar-refractivity contribution >= 4 is 5.91 Å². The van der Waals surface area contributed by atoms with Crippen molar-refractivity contribution in [2.24, 2.45) is 0 Å². The molecular formula is C18H23N3O3. The lowest BCUT2D eigenvalue weighted by atomic mass is 10.1. The number of carbonyl (C=O) groups excluding carboxylic acids is 1. The molecule has 1 aliphatic heterocycles. The summed E-state index contributed by atoms with van der Waals surface area (Å²) in [6.07, 6.45) is 3.86. The van der Waals surface area contributed by atoms with Crippen molar-refractivity contribution in [2.45, 2.75) is 32.0 Å². The van der Waals surface area contributed by atoms with Crippen LogP contribution in [0.25, 0.3) is 0 Å². The number of hydrogen-bond acceptors (Lipinski definition) is 5. The van der Waals surface area contributed by atoms with Crippen LogP contribution < -0.4 is 5.32 Å². The van der Waals surface area contributed by atoms with Gasteiger partial charge in [-0.2, -0.15) is 0 Å². The number of nitrogens with one attached hydrogen (secondary N) is 1. The SMILES string of the molecule is COCc1ccc(C(=O)NC2CCCN(Cc3ccccn3)C2)o1. The summed E-state index contributed by atoms with van der Waals surface area (Å²) in [5.41, 5.74) is 1.06. The molecule has 6 heteroatoms. The first-order chi connectivity index (χ1) is 11.7. The van der Waals surface area contributed by atoms with Crippen LogP contribution in [-0.2, 0) is 17.9 Å². The monoisotopic (exact) mass is 329 g/mol. The van der Waals surface area contributed by atoms with Crippen molar-refractivity contribution < 1.29 is 13.9 Å². The van der Waals surface area contributed by atoms with Gasteiger partial charge in [-0.3, -0.25) is 14.7 Å². The molecule has 2 aromatic rings. The first-order valence-electron chi connectivity index (χ1n) is 8.25. The highest BCUT2D eigenvalue weighted by molar-refractivity contribution is 5.91. The second-order valence-corrected chi connectivity index (χ2v) is 6.07. The zero-order valence-electron chi connectivity index (χ0n) is 13.9. The summed E-state index contributed by atoms with van der Waals surface area (Å²) < 4.78 is 10.5. The second-order valence-electron chi connectivity index (χ2n) is 6.07. The molecule has 0 radical (unpaired) electrons. The van der Waals surface area contributed by atoms with E-state index in [0.29, 0.717) is 18.1 Å². The quantitative estimate of drug-likeness (QED) is 0.880. The van der Waals surface area contributed by atoms with E-state index in [1.807, 2.05) is 24.4 Å². The number of furan rings is 1. The molecule has 0 spiro atoms. The number of likely N-dealkylation sites (tertiary alicyclic amines) is 1. The van der Waals surface area contributed by atoms with Crippen LogP contribution in [0.1, 0.15) is 34.9 Å². The Labute approximate surface area is 141 Å². The Morgan fingerprint density at radius 2 is 2.33 bits per heavy atom. The molecule has 1 amide bonds. The van der Waals surface area contributed by atoms with E-state index in [2.05, 4.69) is 15.2 Å². The third-order valence-electron chi connectivity index (χ3n) is 4.12. The minimum absolute atomic E-state index is 0.130. The molecule has 128 valence electrons. The smallest absolute Gasteiger partial charge is 0.287 e. The molecule has 3 heterocycles. The molecule has 3 rings (SSSR count). The molecule has 0 aromatic carbocycles. The number of nitrogens with zero attached hydrogens (tertiary/aromatic N) is 2. The van der Waals surface area contributed by atoms with E-state index in [1.54, 1.807) is 19.2 Å². The molecule has 2 aromatic heterocycles. The average Bonchev–Trinajstić information content (AvgIpc) is 3.05. The number of ether oxygens (including phenoxy) is 1. The Bertz CT molecular complexity index is 657. The van der Waals surface area contributed by atoms with Gasteiger partial charge in [0, 0.05) is 32.4 Å². The normalized spacial score (nSPS) is 18.5. The van der Waals surface area contributed by atoms with E-state index in [-0.39, 0.29) is 11.9 Å². The summed E-state index contributed by atoms with van der Waals surface area (Å²) in [5, 5.41) is 3.07. The third kappa shape index (κ3) is 4.43. The zero-order chi connectivity index (χ0) is 16.8. The van der Waals surface area contributed by atoms with Crippen molar-refractivity contribution in [3.63, 3.8) is 0 Å². The van der Waals surface area contributed by atoms with Crippen LogP contribution in [0, 0.1) is 0 Å². The van der Waals surface area contributed by atoms with Crippen molar-refractivity contribution in [1.82, 2.24) is 15.2 Å². The molecule has 1 N–H and O–H groups in total. The van der Waals surface area contributed by atoms with Crippen molar-refractivity contribution in [3.8, 4) is 0 Å². The van der Waals surface area contributed by atoms with E-state index in [9.17, 15) is 4.79 Å². The van der Waals surface area contributed by atoms with Crippen LogP contribution in [0.5, 0.6) is 0 Å². The molecule has 1 atom stereocenters. The number of aromatic nitrogens is 1. The highest BCUT2D eigenvalue weighted by Gasteiger charge is 2.23. The third-order valence-corrected chi connectivity index (χ3v) is 4.12. The summed E-state index contributed by atoms with van der Waals surface area (Å²) in [6.45, 7) is 3.04. The van der Waals surface area contributed by atoms with Crippen LogP contribution in [0.15, 0.2) is 40.9 Å². The molecule has 1 unspecified atom stereocenters. The van der Waals surface area contributed by atoms with Gasteiger partial charge in [0.25, 0.3) is 5.91 Å². The van der Waals surface area contributed by atoms with Gasteiger partial charge >= 0.3 is 0 Å². The maximum absolute atomic E-state index is 12.3. The fourth-order valence-corrected chi connectivity index (χ4v) is 3.01. The van der Waals surface area contributed by atoms with Crippen LogP contribution in [0.2, 0.25) is 0 Å². The lowest BCUT2D eigenvalue weighted by Crippen LogP contribution is -2.47. The summed E-state index contributed by atoms with van der Waals surface area (Å²) >= 11 is 0. The van der Waals surface area contributed by atoms with E-state index in [4.69, 9.17) is 9.15 Å². The van der Waals surface area contributed by atoms with Gasteiger partial charge in [0.05, 0.1) is 5.69 Å². The minimum Gasteiger partial charge on any atom is -0.453 e. The number of piperidine rings is 1. The molecule has 24 heavy (non-hydrogen) atoms. The van der Waals surface area contributed by atoms with Crippen molar-refractivity contribution in [2.75, 3.05) is 20.2 Å². The van der Waals surface area contributed by atoms with E-state index in [0.717, 1.165) is 38.2 Å². The molecule has 0 aliphatic carbocycles. The van der Waals surface area contributed by atoms with Gasteiger partial charge in [-0.1, -0.05) is 6.07 Å². The fraction of sp³-hybridized carbons (Fsp3) is 0.444. The lowest BCUT2D eigenvalue weighted by Gasteiger charge is -2.32. The van der Waals surface area contributed by atoms with Gasteiger partial charge in [-0.05, 0) is 43.7 Å². The molecule has 0 bridgehead atoms. The number of methoxy groups -OCH3 is 1. The number of amides is 1. The number of pyridine rings is 1. The topological polar surface area (TPSA) is 67.6 Å². The molecular weight excluding hydrogens is 306 g/mol. The Morgan fingerprint density at radius 1 is 1.42 bits per heavy atom. The van der Waals surface area contributed by atoms with Crippen LogP contribution in [0.3, 0.4) is 0 Å². The summed E-state index contributed by atoms with van der Waals surface area (Å²) in [7, 11) is 1.60. The molecule has 0 saturated carbocycles. The van der Waals surface area contributed by atoms with E-state index >= 15 is 0 Å². The van der Waals surface area contributed by atoms with Gasteiger partial charge in [0.15, 0.2) is 5.76 Å². The standard InChI is InChI=1S/C18H23N3O3/c1-23-13-16-7-8-17(24-16)18(22)20-15-6-4-10-21(12-15)11-14-5-2-3-9-19-14/h2-3,5,7-9,15H,4,6,10-13H2,1H3,(H,20,22). The van der Waals surface area contributed by atoms with Gasteiger partial charge in [-0.15, -0.1) is 0 Å². The fourth-order valence-electron chi connectivity index (χ4n) is 3.01. The maximum Gasteiger partial charge on any atom is 0.287 e. The van der Waals surface area contributed by atoms with Crippen molar-refractivity contribution in [1.29, 1.82) is 0 Å². The Balaban J connectivity index is 1.53. The lowest BCUT2D eigenvalue weighted by molar-refractivity contribution is 0.0864. The summed E-state index contributed by atoms with van der Waals surface area (Å²) in [4.78, 5) is 19.0. The summed E-state index contributed by atoms with van der Waals surface area (Å²) in [6, 6.07) is 9.54. The minimum atomic E-state index is -0.165. The average molecular weight is 329 g/mol. The first kappa shape index (κ1) is 16.7. The highest BCUT2D eigenvalue weighted by atomic mass is 16.5. The number of carbonyl (C=O) groups is 1. The van der Waals surface area contributed by atoms with Gasteiger partial charge in [0.2, 0.25) is 0 Å². The number of hydrogen-bond donors (Lipinski definition) is 1. The van der Waals surface area contributed by atoms with E-state index < -0.39 is 0 Å². The Hall–Kier alpha value is -2.18. The maximum atomic E-state index is 12.3. The molecule has 1 aliphatic rings. The van der Waals surface area contributed by atoms with Gasteiger partial charge in [0.1, 0.15) is 12.4 Å². The first-order valence-corrected chi connectivity index (χ1v) is 8.25. The van der Waals surface area contributed by atoms with Crippen LogP contribution in [0.4, 0.5) is 0 Å². The zero-order valence-corrected chi connectivity index (χ0v) is 13.9. The molecule has 1 saturated heterocycles. The molecule has 6 nitrogen and oxygen atoms in total. The summed E-state index contributed by atoms with van der Waals surface area (Å²) in [5.74, 6) is 0.828. The van der Waals surface area contributed by atoms with Gasteiger partial charge < -0.3 is 14.5 Å².